The number of anilines is 1. The molecular formula is C18H20ClN5O. The zero-order chi connectivity index (χ0) is 17.4. The molecule has 6 nitrogen and oxygen atoms in total. The predicted octanol–water partition coefficient (Wildman–Crippen LogP) is 2.68. The van der Waals surface area contributed by atoms with Crippen molar-refractivity contribution < 1.29 is 4.74 Å². The Morgan fingerprint density at radius 1 is 1.28 bits per heavy atom. The van der Waals surface area contributed by atoms with E-state index in [1.807, 2.05) is 35.0 Å². The van der Waals surface area contributed by atoms with Crippen molar-refractivity contribution >= 4 is 28.5 Å². The average molecular weight is 358 g/mol. The molecule has 2 N–H and O–H groups in total. The molecule has 0 spiro atoms. The second-order valence-electron chi connectivity index (χ2n) is 6.32. The molecule has 0 aliphatic carbocycles. The maximum atomic E-state index is 6.47. The lowest BCUT2D eigenvalue weighted by molar-refractivity contribution is 0.414. The van der Waals surface area contributed by atoms with Gasteiger partial charge in [0, 0.05) is 25.3 Å². The second kappa shape index (κ2) is 6.54. The minimum Gasteiger partial charge on any atom is -0.497 e. The summed E-state index contributed by atoms with van der Waals surface area (Å²) in [6.07, 6.45) is 2.68. The molecular weight excluding hydrogens is 338 g/mol. The van der Waals surface area contributed by atoms with Crippen LogP contribution in [-0.2, 0) is 6.54 Å². The van der Waals surface area contributed by atoms with E-state index >= 15 is 0 Å². The summed E-state index contributed by atoms with van der Waals surface area (Å²) in [5.74, 6) is 1.71. The lowest BCUT2D eigenvalue weighted by atomic mass is 10.2. The molecule has 1 aliphatic heterocycles. The van der Waals surface area contributed by atoms with E-state index in [1.165, 1.54) is 0 Å². The minimum absolute atomic E-state index is 0.178. The topological polar surface area (TPSA) is 69.2 Å². The molecule has 3 heterocycles. The first-order valence-electron chi connectivity index (χ1n) is 8.30. The number of nitrogens with zero attached hydrogens (tertiary/aromatic N) is 4. The number of fused-ring (bicyclic) bond motifs is 1. The molecule has 25 heavy (non-hydrogen) atoms. The van der Waals surface area contributed by atoms with Crippen LogP contribution < -0.4 is 15.4 Å². The van der Waals surface area contributed by atoms with Crippen LogP contribution >= 0.6 is 11.6 Å². The van der Waals surface area contributed by atoms with Gasteiger partial charge in [-0.25, -0.2) is 9.67 Å². The van der Waals surface area contributed by atoms with Gasteiger partial charge in [0.2, 0.25) is 0 Å². The maximum absolute atomic E-state index is 6.47. The first-order valence-corrected chi connectivity index (χ1v) is 8.68. The van der Waals surface area contributed by atoms with Crippen LogP contribution in [0.2, 0.25) is 5.02 Å². The Morgan fingerprint density at radius 2 is 2.08 bits per heavy atom. The van der Waals surface area contributed by atoms with E-state index in [-0.39, 0.29) is 6.04 Å². The van der Waals surface area contributed by atoms with Gasteiger partial charge >= 0.3 is 0 Å². The van der Waals surface area contributed by atoms with E-state index < -0.39 is 0 Å². The van der Waals surface area contributed by atoms with Crippen LogP contribution in [0.15, 0.2) is 36.5 Å². The van der Waals surface area contributed by atoms with E-state index in [1.54, 1.807) is 13.3 Å². The average Bonchev–Trinajstić information content (AvgIpc) is 3.20. The first-order chi connectivity index (χ1) is 12.2. The number of hydrogen-bond acceptors (Lipinski definition) is 5. The van der Waals surface area contributed by atoms with Gasteiger partial charge in [0.1, 0.15) is 5.75 Å². The summed E-state index contributed by atoms with van der Waals surface area (Å²) < 4.78 is 7.12. The van der Waals surface area contributed by atoms with Gasteiger partial charge in [0.15, 0.2) is 11.5 Å². The zero-order valence-electron chi connectivity index (χ0n) is 14.0. The number of aromatic nitrogens is 3. The van der Waals surface area contributed by atoms with Crippen molar-refractivity contribution in [2.75, 3.05) is 25.1 Å². The van der Waals surface area contributed by atoms with Gasteiger partial charge in [-0.2, -0.15) is 5.10 Å². The third-order valence-corrected chi connectivity index (χ3v) is 4.89. The second-order valence-corrected chi connectivity index (χ2v) is 6.72. The lowest BCUT2D eigenvalue weighted by Gasteiger charge is -2.15. The Kier molecular flexibility index (Phi) is 4.23. The molecule has 1 atom stereocenters. The van der Waals surface area contributed by atoms with Crippen molar-refractivity contribution in [3.63, 3.8) is 0 Å². The van der Waals surface area contributed by atoms with E-state index in [0.717, 1.165) is 47.7 Å². The van der Waals surface area contributed by atoms with Crippen molar-refractivity contribution in [2.45, 2.75) is 19.0 Å². The van der Waals surface area contributed by atoms with Gasteiger partial charge in [-0.15, -0.1) is 0 Å². The molecule has 1 saturated heterocycles. The van der Waals surface area contributed by atoms with Crippen LogP contribution in [0.3, 0.4) is 0 Å². The summed E-state index contributed by atoms with van der Waals surface area (Å²) in [7, 11) is 1.66. The molecule has 1 aliphatic rings. The molecule has 2 aromatic heterocycles. The molecule has 0 bridgehead atoms. The fourth-order valence-corrected chi connectivity index (χ4v) is 3.48. The zero-order valence-corrected chi connectivity index (χ0v) is 14.8. The molecule has 4 rings (SSSR count). The van der Waals surface area contributed by atoms with Gasteiger partial charge in [0.05, 0.1) is 24.1 Å². The smallest absolute Gasteiger partial charge is 0.161 e. The fourth-order valence-electron chi connectivity index (χ4n) is 3.26. The van der Waals surface area contributed by atoms with Crippen molar-refractivity contribution in [3.8, 4) is 5.75 Å². The van der Waals surface area contributed by atoms with Gasteiger partial charge in [0.25, 0.3) is 0 Å². The Bertz CT molecular complexity index is 892. The molecule has 0 radical (unpaired) electrons. The molecule has 0 saturated carbocycles. The Balaban J connectivity index is 1.74. The largest absolute Gasteiger partial charge is 0.497 e. The molecule has 3 aromatic rings. The number of rotatable bonds is 4. The predicted molar refractivity (Wildman–Crippen MR) is 99.4 cm³/mol. The number of pyridine rings is 1. The van der Waals surface area contributed by atoms with Gasteiger partial charge in [-0.1, -0.05) is 23.7 Å². The highest BCUT2D eigenvalue weighted by molar-refractivity contribution is 6.36. The van der Waals surface area contributed by atoms with E-state index in [9.17, 15) is 0 Å². The molecule has 1 unspecified atom stereocenters. The van der Waals surface area contributed by atoms with Crippen LogP contribution in [0.4, 0.5) is 5.82 Å². The minimum atomic E-state index is 0.178. The van der Waals surface area contributed by atoms with E-state index in [2.05, 4.69) is 9.88 Å². The van der Waals surface area contributed by atoms with Gasteiger partial charge < -0.3 is 15.4 Å². The summed E-state index contributed by atoms with van der Waals surface area (Å²) in [6, 6.07) is 9.94. The van der Waals surface area contributed by atoms with Gasteiger partial charge in [-0.05, 0) is 30.2 Å². The summed E-state index contributed by atoms with van der Waals surface area (Å²) in [6.45, 7) is 2.30. The van der Waals surface area contributed by atoms with Crippen LogP contribution in [0, 0.1) is 0 Å². The maximum Gasteiger partial charge on any atom is 0.161 e. The van der Waals surface area contributed by atoms with Crippen LogP contribution in [0.25, 0.3) is 11.0 Å². The fraction of sp³-hybridized carbons (Fsp3) is 0.333. The highest BCUT2D eigenvalue weighted by Crippen LogP contribution is 2.33. The lowest BCUT2D eigenvalue weighted by Crippen LogP contribution is -2.26. The molecule has 130 valence electrons. The Hall–Kier alpha value is -2.31. The molecule has 1 fully saturated rings. The van der Waals surface area contributed by atoms with E-state index in [4.69, 9.17) is 27.2 Å². The standard InChI is InChI=1S/C18H20ClN5O/c1-25-14-4-2-12(3-5-14)10-24-17-16(15(19)6-8-21-17)18(22-24)23-9-7-13(20)11-23/h2-6,8,13H,7,9-11,20H2,1H3. The third kappa shape index (κ3) is 3.03. The number of methoxy groups -OCH3 is 1. The van der Waals surface area contributed by atoms with Crippen LogP contribution in [0.5, 0.6) is 5.75 Å². The van der Waals surface area contributed by atoms with Crippen molar-refractivity contribution in [1.82, 2.24) is 14.8 Å². The van der Waals surface area contributed by atoms with Crippen LogP contribution in [-0.4, -0.2) is 41.0 Å². The SMILES string of the molecule is COc1ccc(Cn2nc(N3CCC(N)C3)c3c(Cl)ccnc32)cc1. The number of nitrogens with two attached hydrogens (primary N) is 1. The number of ether oxygens (including phenoxy) is 1. The Labute approximate surface area is 151 Å². The summed E-state index contributed by atoms with van der Waals surface area (Å²) in [5, 5.41) is 6.38. The number of halogens is 1. The highest BCUT2D eigenvalue weighted by atomic mass is 35.5. The number of benzene rings is 1. The summed E-state index contributed by atoms with van der Waals surface area (Å²) in [5.41, 5.74) is 7.98. The first kappa shape index (κ1) is 16.2. The van der Waals surface area contributed by atoms with Gasteiger partial charge in [-0.3, -0.25) is 0 Å². The number of hydrogen-bond donors (Lipinski definition) is 1. The highest BCUT2D eigenvalue weighted by Gasteiger charge is 2.25. The molecule has 0 amide bonds. The van der Waals surface area contributed by atoms with Crippen LogP contribution in [0.1, 0.15) is 12.0 Å². The third-order valence-electron chi connectivity index (χ3n) is 4.58. The normalized spacial score (nSPS) is 17.4. The van der Waals surface area contributed by atoms with Crippen molar-refractivity contribution in [3.05, 3.63) is 47.1 Å². The summed E-state index contributed by atoms with van der Waals surface area (Å²) >= 11 is 6.47. The molecule has 1 aromatic carbocycles. The molecule has 7 heteroatoms. The quantitative estimate of drug-likeness (QED) is 0.777. The van der Waals surface area contributed by atoms with Crippen molar-refractivity contribution in [1.29, 1.82) is 0 Å². The van der Waals surface area contributed by atoms with Crippen molar-refractivity contribution in [2.24, 2.45) is 5.73 Å². The monoisotopic (exact) mass is 357 g/mol. The summed E-state index contributed by atoms with van der Waals surface area (Å²) in [4.78, 5) is 6.72. The Morgan fingerprint density at radius 3 is 2.76 bits per heavy atom. The van der Waals surface area contributed by atoms with E-state index in [0.29, 0.717) is 11.6 Å².